The van der Waals surface area contributed by atoms with Crippen LogP contribution in [-0.2, 0) is 21.4 Å². The van der Waals surface area contributed by atoms with Crippen molar-refractivity contribution in [1.82, 2.24) is 4.90 Å². The Bertz CT molecular complexity index is 864. The smallest absolute Gasteiger partial charge is 0.232 e. The number of rotatable bonds is 7. The summed E-state index contributed by atoms with van der Waals surface area (Å²) < 4.78 is 25.9. The standard InChI is InChI=1S/C20H26N2O3S/c1-16-10-11-17(2)19(14-16)22(26(4,24)25)13-12-20(23)21(3)15-18-8-6-5-7-9-18/h5-11,14H,12-13,15H2,1-4H3. The topological polar surface area (TPSA) is 57.7 Å². The van der Waals surface area contributed by atoms with Crippen molar-refractivity contribution in [3.05, 3.63) is 65.2 Å². The maximum atomic E-state index is 12.5. The summed E-state index contributed by atoms with van der Waals surface area (Å²) in [5.74, 6) is -0.0900. The van der Waals surface area contributed by atoms with Crippen molar-refractivity contribution in [2.45, 2.75) is 26.8 Å². The van der Waals surface area contributed by atoms with E-state index in [-0.39, 0.29) is 18.9 Å². The summed E-state index contributed by atoms with van der Waals surface area (Å²) in [4.78, 5) is 14.1. The van der Waals surface area contributed by atoms with Crippen LogP contribution in [-0.4, -0.2) is 39.1 Å². The van der Waals surface area contributed by atoms with Crippen LogP contribution in [0.2, 0.25) is 0 Å². The fraction of sp³-hybridized carbons (Fsp3) is 0.350. The molecule has 0 aliphatic rings. The van der Waals surface area contributed by atoms with E-state index in [2.05, 4.69) is 0 Å². The first-order chi connectivity index (χ1) is 12.2. The van der Waals surface area contributed by atoms with E-state index in [1.807, 2.05) is 62.4 Å². The molecular formula is C20H26N2O3S. The second kappa shape index (κ2) is 8.36. The number of hydrogen-bond donors (Lipinski definition) is 0. The van der Waals surface area contributed by atoms with Gasteiger partial charge in [-0.25, -0.2) is 8.42 Å². The van der Waals surface area contributed by atoms with Gasteiger partial charge in [0.05, 0.1) is 11.9 Å². The maximum Gasteiger partial charge on any atom is 0.232 e. The van der Waals surface area contributed by atoms with Crippen LogP contribution in [0.4, 0.5) is 5.69 Å². The van der Waals surface area contributed by atoms with Crippen LogP contribution in [0.3, 0.4) is 0 Å². The average Bonchev–Trinajstić information content (AvgIpc) is 2.57. The molecule has 0 saturated carbocycles. The van der Waals surface area contributed by atoms with Crippen LogP contribution in [0.25, 0.3) is 0 Å². The normalized spacial score (nSPS) is 11.2. The molecule has 0 spiro atoms. The average molecular weight is 375 g/mol. The Labute approximate surface area is 156 Å². The fourth-order valence-corrected chi connectivity index (χ4v) is 3.76. The largest absolute Gasteiger partial charge is 0.341 e. The Hall–Kier alpha value is -2.34. The molecule has 0 aliphatic heterocycles. The van der Waals surface area contributed by atoms with Gasteiger partial charge in [-0.05, 0) is 36.6 Å². The Morgan fingerprint density at radius 2 is 1.69 bits per heavy atom. The third-order valence-electron chi connectivity index (χ3n) is 4.25. The first-order valence-corrected chi connectivity index (χ1v) is 10.4. The van der Waals surface area contributed by atoms with E-state index in [1.165, 1.54) is 10.6 Å². The van der Waals surface area contributed by atoms with E-state index in [4.69, 9.17) is 0 Å². The molecule has 2 rings (SSSR count). The van der Waals surface area contributed by atoms with Gasteiger partial charge in [0.1, 0.15) is 0 Å². The maximum absolute atomic E-state index is 12.5. The first-order valence-electron chi connectivity index (χ1n) is 8.51. The lowest BCUT2D eigenvalue weighted by Gasteiger charge is -2.25. The van der Waals surface area contributed by atoms with Gasteiger partial charge in [-0.1, -0.05) is 42.5 Å². The molecule has 0 aromatic heterocycles. The predicted octanol–water partition coefficient (Wildman–Crippen LogP) is 3.12. The molecule has 0 heterocycles. The number of amides is 1. The van der Waals surface area contributed by atoms with E-state index in [9.17, 15) is 13.2 Å². The lowest BCUT2D eigenvalue weighted by molar-refractivity contribution is -0.130. The van der Waals surface area contributed by atoms with Gasteiger partial charge >= 0.3 is 0 Å². The monoisotopic (exact) mass is 374 g/mol. The lowest BCUT2D eigenvalue weighted by Crippen LogP contribution is -2.35. The minimum Gasteiger partial charge on any atom is -0.341 e. The quantitative estimate of drug-likeness (QED) is 0.748. The number of nitrogens with zero attached hydrogens (tertiary/aromatic N) is 2. The van der Waals surface area contributed by atoms with Crippen molar-refractivity contribution in [1.29, 1.82) is 0 Å². The summed E-state index contributed by atoms with van der Waals surface area (Å²) in [5, 5.41) is 0. The molecule has 0 radical (unpaired) electrons. The van der Waals surface area contributed by atoms with E-state index >= 15 is 0 Å². The molecular weight excluding hydrogens is 348 g/mol. The molecule has 0 bridgehead atoms. The van der Waals surface area contributed by atoms with Gasteiger partial charge in [-0.15, -0.1) is 0 Å². The predicted molar refractivity (Wildman–Crippen MR) is 106 cm³/mol. The van der Waals surface area contributed by atoms with Crippen LogP contribution in [0.15, 0.2) is 48.5 Å². The highest BCUT2D eigenvalue weighted by Gasteiger charge is 2.21. The van der Waals surface area contributed by atoms with Crippen molar-refractivity contribution >= 4 is 21.6 Å². The van der Waals surface area contributed by atoms with Gasteiger partial charge in [0, 0.05) is 26.6 Å². The molecule has 0 saturated heterocycles. The third kappa shape index (κ3) is 5.33. The Kier molecular flexibility index (Phi) is 6.42. The fourth-order valence-electron chi connectivity index (χ4n) is 2.79. The van der Waals surface area contributed by atoms with Gasteiger partial charge < -0.3 is 4.90 Å². The highest BCUT2D eigenvalue weighted by Crippen LogP contribution is 2.24. The third-order valence-corrected chi connectivity index (χ3v) is 5.43. The zero-order valence-electron chi connectivity index (χ0n) is 15.8. The Morgan fingerprint density at radius 3 is 2.31 bits per heavy atom. The van der Waals surface area contributed by atoms with Gasteiger partial charge in [-0.3, -0.25) is 9.10 Å². The molecule has 0 N–H and O–H groups in total. The number of aryl methyl sites for hydroxylation is 2. The molecule has 140 valence electrons. The molecule has 2 aromatic carbocycles. The SMILES string of the molecule is Cc1ccc(C)c(N(CCC(=O)N(C)Cc2ccccc2)S(C)(=O)=O)c1. The van der Waals surface area contributed by atoms with E-state index in [0.29, 0.717) is 12.2 Å². The molecule has 6 heteroatoms. The minimum absolute atomic E-state index is 0.0900. The van der Waals surface area contributed by atoms with Gasteiger partial charge in [-0.2, -0.15) is 0 Å². The first kappa shape index (κ1) is 20.0. The summed E-state index contributed by atoms with van der Waals surface area (Å²) in [6.45, 7) is 4.42. The number of sulfonamides is 1. The second-order valence-corrected chi connectivity index (χ2v) is 8.52. The minimum atomic E-state index is -3.47. The van der Waals surface area contributed by atoms with Crippen molar-refractivity contribution in [2.24, 2.45) is 0 Å². The molecule has 26 heavy (non-hydrogen) atoms. The van der Waals surface area contributed by atoms with Crippen molar-refractivity contribution < 1.29 is 13.2 Å². The van der Waals surface area contributed by atoms with Crippen LogP contribution in [0.1, 0.15) is 23.1 Å². The second-order valence-electron chi connectivity index (χ2n) is 6.61. The molecule has 1 amide bonds. The van der Waals surface area contributed by atoms with Crippen molar-refractivity contribution in [3.8, 4) is 0 Å². The lowest BCUT2D eigenvalue weighted by atomic mass is 10.1. The van der Waals surface area contributed by atoms with E-state index in [1.54, 1.807) is 11.9 Å². The highest BCUT2D eigenvalue weighted by atomic mass is 32.2. The number of carbonyl (C=O) groups excluding carboxylic acids is 1. The zero-order chi connectivity index (χ0) is 19.3. The summed E-state index contributed by atoms with van der Waals surface area (Å²) in [7, 11) is -1.74. The summed E-state index contributed by atoms with van der Waals surface area (Å²) >= 11 is 0. The number of carbonyl (C=O) groups is 1. The van der Waals surface area contributed by atoms with Crippen molar-refractivity contribution in [3.63, 3.8) is 0 Å². The molecule has 0 unspecified atom stereocenters. The van der Waals surface area contributed by atoms with Crippen molar-refractivity contribution in [2.75, 3.05) is 24.2 Å². The molecule has 0 fully saturated rings. The van der Waals surface area contributed by atoms with Gasteiger partial charge in [0.25, 0.3) is 0 Å². The zero-order valence-corrected chi connectivity index (χ0v) is 16.6. The number of hydrogen-bond acceptors (Lipinski definition) is 3. The molecule has 0 atom stereocenters. The number of anilines is 1. The van der Waals surface area contributed by atoms with Crippen LogP contribution >= 0.6 is 0 Å². The number of benzene rings is 2. The van der Waals surface area contributed by atoms with E-state index in [0.717, 1.165) is 16.7 Å². The summed E-state index contributed by atoms with van der Waals surface area (Å²) in [6.07, 6.45) is 1.30. The van der Waals surface area contributed by atoms with Gasteiger partial charge in [0.15, 0.2) is 0 Å². The Balaban J connectivity index is 2.10. The van der Waals surface area contributed by atoms with Crippen LogP contribution in [0.5, 0.6) is 0 Å². The Morgan fingerprint density at radius 1 is 1.04 bits per heavy atom. The molecule has 2 aromatic rings. The molecule has 5 nitrogen and oxygen atoms in total. The highest BCUT2D eigenvalue weighted by molar-refractivity contribution is 7.92. The van der Waals surface area contributed by atoms with Gasteiger partial charge in [0.2, 0.25) is 15.9 Å². The summed E-state index contributed by atoms with van der Waals surface area (Å²) in [5.41, 5.74) is 3.52. The summed E-state index contributed by atoms with van der Waals surface area (Å²) in [6, 6.07) is 15.4. The van der Waals surface area contributed by atoms with Crippen LogP contribution in [0, 0.1) is 13.8 Å². The van der Waals surface area contributed by atoms with Crippen LogP contribution < -0.4 is 4.31 Å². The van der Waals surface area contributed by atoms with E-state index < -0.39 is 10.0 Å². The molecule has 0 aliphatic carbocycles.